The Balaban J connectivity index is -0.000000807. The van der Waals surface area contributed by atoms with Gasteiger partial charge in [0.05, 0.1) is 51.3 Å². The Morgan fingerprint density at radius 1 is 0.553 bits per heavy atom. The molecule has 0 radical (unpaired) electrons. The molecule has 0 aliphatic heterocycles. The van der Waals surface area contributed by atoms with Crippen molar-refractivity contribution in [2.24, 2.45) is 0 Å². The molecule has 0 aromatic heterocycles. The normalized spacial score (nSPS) is 13.0. The summed E-state index contributed by atoms with van der Waals surface area (Å²) in [4.78, 5) is 67.1. The molecule has 47 heavy (non-hydrogen) atoms. The number of unbranched alkanes of at least 4 members (excludes halogenated alkanes) is 6. The molecule has 0 aliphatic carbocycles. The van der Waals surface area contributed by atoms with Gasteiger partial charge in [0.1, 0.15) is 26.2 Å². The van der Waals surface area contributed by atoms with Gasteiger partial charge in [-0.05, 0) is 12.8 Å². The molecule has 0 rings (SSSR count). The van der Waals surface area contributed by atoms with E-state index in [1.165, 1.54) is 0 Å². The first-order valence-corrected chi connectivity index (χ1v) is 16.0. The summed E-state index contributed by atoms with van der Waals surface area (Å²) in [6.07, 6.45) is 8.69. The number of quaternary nitrogens is 2. The van der Waals surface area contributed by atoms with Crippen LogP contribution in [0.3, 0.4) is 0 Å². The van der Waals surface area contributed by atoms with Crippen molar-refractivity contribution >= 4 is 73.4 Å². The van der Waals surface area contributed by atoms with Crippen LogP contribution in [0.1, 0.15) is 78.1 Å². The van der Waals surface area contributed by atoms with E-state index in [9.17, 15) is 39.0 Å². The van der Waals surface area contributed by atoms with E-state index in [0.717, 1.165) is 51.4 Å². The molecule has 0 aromatic rings. The van der Waals surface area contributed by atoms with Gasteiger partial charge in [-0.15, -0.1) is 0 Å². The zero-order chi connectivity index (χ0) is 35.4. The van der Waals surface area contributed by atoms with Crippen molar-refractivity contribution in [3.05, 3.63) is 0 Å². The van der Waals surface area contributed by atoms with Crippen LogP contribution in [-0.4, -0.2) is 181 Å². The Kier molecular flexibility index (Phi) is 31.5. The molecular weight excluding hydrogens is 648 g/mol. The molecule has 2 unspecified atom stereocenters. The summed E-state index contributed by atoms with van der Waals surface area (Å²) in [6, 6.07) is 0. The van der Waals surface area contributed by atoms with Crippen molar-refractivity contribution in [2.45, 2.75) is 78.1 Å². The molecule has 0 spiro atoms. The number of hydrogen-bond donors (Lipinski definition) is 6. The van der Waals surface area contributed by atoms with Crippen LogP contribution in [0.15, 0.2) is 0 Å². The summed E-state index contributed by atoms with van der Waals surface area (Å²) >= 11 is 0. The minimum Gasteiger partial charge on any atom is -0.544 e. The quantitative estimate of drug-likeness (QED) is 0.0272. The number of aliphatic hydroxyl groups excluding tert-OH is 2. The molecule has 0 heterocycles. The summed E-state index contributed by atoms with van der Waals surface area (Å²) in [7, 11) is 0. The van der Waals surface area contributed by atoms with Crippen LogP contribution in [0, 0.1) is 0 Å². The maximum absolute atomic E-state index is 11.7. The maximum Gasteiger partial charge on any atom is 2.00 e. The van der Waals surface area contributed by atoms with Gasteiger partial charge in [0.25, 0.3) is 0 Å². The van der Waals surface area contributed by atoms with Crippen molar-refractivity contribution in [3.8, 4) is 0 Å². The first-order valence-electron chi connectivity index (χ1n) is 16.0. The minimum atomic E-state index is -1.38. The van der Waals surface area contributed by atoms with Gasteiger partial charge < -0.3 is 59.8 Å². The second kappa shape index (κ2) is 30.0. The van der Waals surface area contributed by atoms with Gasteiger partial charge in [-0.25, -0.2) is 9.59 Å². The molecule has 0 bridgehead atoms. The van der Waals surface area contributed by atoms with Crippen LogP contribution < -0.4 is 20.8 Å². The smallest absolute Gasteiger partial charge is 0.544 e. The van der Waals surface area contributed by atoms with Crippen LogP contribution in [0.4, 0.5) is 0 Å². The topological polar surface area (TPSA) is 254 Å². The predicted molar refractivity (Wildman–Crippen MR) is 168 cm³/mol. The summed E-state index contributed by atoms with van der Waals surface area (Å²) in [5, 5.41) is 63.2. The van der Waals surface area contributed by atoms with E-state index in [1.807, 2.05) is 0 Å². The van der Waals surface area contributed by atoms with Gasteiger partial charge in [0.2, 0.25) is 11.8 Å². The Morgan fingerprint density at radius 3 is 1.15 bits per heavy atom. The molecular formula is C30H56CaN4O12+2. The zero-order valence-corrected chi connectivity index (χ0v) is 30.4. The molecule has 0 aromatic carbocycles. The van der Waals surface area contributed by atoms with Crippen LogP contribution >= 0.6 is 0 Å². The van der Waals surface area contributed by atoms with E-state index in [0.29, 0.717) is 12.8 Å². The number of hydrogen-bond acceptors (Lipinski definition) is 10. The first kappa shape index (κ1) is 49.3. The van der Waals surface area contributed by atoms with Crippen LogP contribution in [-0.2, 0) is 28.8 Å². The fourth-order valence-electron chi connectivity index (χ4n) is 4.98. The fraction of sp³-hybridized carbons (Fsp3) is 0.800. The molecule has 0 fully saturated rings. The Labute approximate surface area is 307 Å². The van der Waals surface area contributed by atoms with Crippen molar-refractivity contribution in [1.82, 2.24) is 10.6 Å². The molecule has 16 nitrogen and oxygen atoms in total. The van der Waals surface area contributed by atoms with Gasteiger partial charge in [0, 0.05) is 12.8 Å². The summed E-state index contributed by atoms with van der Waals surface area (Å²) in [5.74, 6) is -5.36. The summed E-state index contributed by atoms with van der Waals surface area (Å²) in [5.41, 5.74) is 0. The third-order valence-electron chi connectivity index (χ3n) is 7.35. The Morgan fingerprint density at radius 2 is 0.894 bits per heavy atom. The Hall–Kier alpha value is -2.08. The Bertz CT molecular complexity index is 819. The number of nitrogens with one attached hydrogen (secondary N) is 2. The number of rotatable bonds is 28. The van der Waals surface area contributed by atoms with Crippen LogP contribution in [0.5, 0.6) is 0 Å². The average Bonchev–Trinajstić information content (AvgIpc) is 2.92. The third-order valence-corrected chi connectivity index (χ3v) is 7.35. The SMILES string of the molecule is CCCCCCC(=O)NCC[N+](CCO)(CC(=O)[O-])CC(=O)O.CCCCCCC(=O)NCC[N+](CCO)(CC(=O)[O-])CC(=O)O.[Ca+2]. The van der Waals surface area contributed by atoms with E-state index in [-0.39, 0.29) is 111 Å². The number of amides is 2. The van der Waals surface area contributed by atoms with Crippen molar-refractivity contribution in [1.29, 1.82) is 0 Å². The molecule has 2 atom stereocenters. The van der Waals surface area contributed by atoms with Crippen molar-refractivity contribution in [2.75, 3.05) is 78.7 Å². The first-order chi connectivity index (χ1) is 21.7. The van der Waals surface area contributed by atoms with Crippen molar-refractivity contribution in [3.63, 3.8) is 0 Å². The molecule has 6 N–H and O–H groups in total. The minimum absolute atomic E-state index is 0. The maximum atomic E-state index is 11.7. The number of carbonyl (C=O) groups excluding carboxylic acids is 4. The number of carboxylic acid groups (broad SMARTS) is 4. The molecule has 0 aliphatic rings. The van der Waals surface area contributed by atoms with E-state index in [4.69, 9.17) is 20.4 Å². The van der Waals surface area contributed by atoms with Crippen LogP contribution in [0.2, 0.25) is 0 Å². The molecule has 0 saturated carbocycles. The van der Waals surface area contributed by atoms with Gasteiger partial charge in [0.15, 0.2) is 13.1 Å². The molecule has 268 valence electrons. The fourth-order valence-corrected chi connectivity index (χ4v) is 4.98. The van der Waals surface area contributed by atoms with Gasteiger partial charge in [-0.2, -0.15) is 0 Å². The average molecular weight is 705 g/mol. The van der Waals surface area contributed by atoms with Gasteiger partial charge in [-0.3, -0.25) is 9.59 Å². The van der Waals surface area contributed by atoms with Gasteiger partial charge >= 0.3 is 49.7 Å². The second-order valence-corrected chi connectivity index (χ2v) is 11.5. The number of aliphatic hydroxyl groups is 2. The summed E-state index contributed by atoms with van der Waals surface area (Å²) < 4.78 is -0.714. The van der Waals surface area contributed by atoms with Gasteiger partial charge in [-0.1, -0.05) is 52.4 Å². The van der Waals surface area contributed by atoms with E-state index in [2.05, 4.69) is 24.5 Å². The van der Waals surface area contributed by atoms with Crippen molar-refractivity contribution < 1.29 is 68.4 Å². The number of carboxylic acids is 4. The molecule has 2 amide bonds. The van der Waals surface area contributed by atoms with E-state index < -0.39 is 50.1 Å². The zero-order valence-electron chi connectivity index (χ0n) is 28.2. The largest absolute Gasteiger partial charge is 2.00 e. The second-order valence-electron chi connectivity index (χ2n) is 11.5. The monoisotopic (exact) mass is 704 g/mol. The summed E-state index contributed by atoms with van der Waals surface area (Å²) in [6.45, 7) is 2.07. The van der Waals surface area contributed by atoms with E-state index >= 15 is 0 Å². The molecule has 17 heteroatoms. The van der Waals surface area contributed by atoms with E-state index in [1.54, 1.807) is 0 Å². The number of nitrogens with zero attached hydrogens (tertiary/aromatic N) is 2. The number of carbonyl (C=O) groups is 6. The van der Waals surface area contributed by atoms with Crippen LogP contribution in [0.25, 0.3) is 0 Å². The standard InChI is InChI=1S/2C15H28N2O6.Ca/c2*1-2-3-4-5-6-13(19)16-7-8-17(9-10-18,11-14(20)21)12-15(22)23;/h2*18H,2-12H2,1H3,(H2-,16,19,20,21,22,23);/q;;+2. The number of aliphatic carboxylic acids is 4. The third kappa shape index (κ3) is 28.6. The molecule has 0 saturated heterocycles. The predicted octanol–water partition coefficient (Wildman–Crippen LogP) is -2.95.